The standard InChI is InChI=1S/C13H21N3O2/c1-9-11(15-6-5-14-9)16-8-10(12(17)18)7-13(2,3)4/h5-6,10H,7-8H2,1-4H3,(H,15,16)(H,17,18). The number of hydrogen-bond donors (Lipinski definition) is 2. The van der Waals surface area contributed by atoms with Crippen LogP contribution < -0.4 is 5.32 Å². The summed E-state index contributed by atoms with van der Waals surface area (Å²) in [6, 6.07) is 0. The molecule has 2 N–H and O–H groups in total. The predicted octanol–water partition coefficient (Wildman–Crippen LogP) is 2.33. The normalized spacial score (nSPS) is 13.1. The first-order chi connectivity index (χ1) is 8.29. The van der Waals surface area contributed by atoms with E-state index in [9.17, 15) is 9.90 Å². The number of aromatic nitrogens is 2. The van der Waals surface area contributed by atoms with Crippen LogP contribution in [0.1, 0.15) is 32.9 Å². The van der Waals surface area contributed by atoms with E-state index in [1.165, 1.54) is 0 Å². The second kappa shape index (κ2) is 5.80. The second-order valence-electron chi connectivity index (χ2n) is 5.67. The van der Waals surface area contributed by atoms with Gasteiger partial charge in [0, 0.05) is 18.9 Å². The molecule has 0 fully saturated rings. The lowest BCUT2D eigenvalue weighted by molar-refractivity contribution is -0.142. The van der Waals surface area contributed by atoms with Gasteiger partial charge in [0.1, 0.15) is 5.82 Å². The summed E-state index contributed by atoms with van der Waals surface area (Å²) in [5, 5.41) is 12.3. The number of hydrogen-bond acceptors (Lipinski definition) is 4. The van der Waals surface area contributed by atoms with Gasteiger partial charge in [-0.3, -0.25) is 9.78 Å². The minimum absolute atomic E-state index is 0.0118. The van der Waals surface area contributed by atoms with Crippen molar-refractivity contribution in [3.05, 3.63) is 18.1 Å². The Bertz CT molecular complexity index is 413. The molecule has 100 valence electrons. The molecule has 5 heteroatoms. The third-order valence-electron chi connectivity index (χ3n) is 2.61. The van der Waals surface area contributed by atoms with Crippen LogP contribution in [0, 0.1) is 18.3 Å². The monoisotopic (exact) mass is 251 g/mol. The maximum Gasteiger partial charge on any atom is 0.308 e. The quantitative estimate of drug-likeness (QED) is 0.840. The van der Waals surface area contributed by atoms with Crippen LogP contribution in [0.4, 0.5) is 5.82 Å². The zero-order chi connectivity index (χ0) is 13.8. The maximum absolute atomic E-state index is 11.2. The molecule has 0 spiro atoms. The lowest BCUT2D eigenvalue weighted by atomic mass is 9.84. The van der Waals surface area contributed by atoms with E-state index in [2.05, 4.69) is 15.3 Å². The fraction of sp³-hybridized carbons (Fsp3) is 0.615. The number of aryl methyl sites for hydroxylation is 1. The first-order valence-corrected chi connectivity index (χ1v) is 6.04. The van der Waals surface area contributed by atoms with Gasteiger partial charge in [-0.2, -0.15) is 0 Å². The summed E-state index contributed by atoms with van der Waals surface area (Å²) in [4.78, 5) is 19.5. The Kier molecular flexibility index (Phi) is 4.64. The SMILES string of the molecule is Cc1nccnc1NCC(CC(C)(C)C)C(=O)O. The second-order valence-corrected chi connectivity index (χ2v) is 5.67. The molecule has 0 saturated carbocycles. The molecule has 0 bridgehead atoms. The molecule has 18 heavy (non-hydrogen) atoms. The average Bonchev–Trinajstić information content (AvgIpc) is 2.24. The number of nitrogens with one attached hydrogen (secondary N) is 1. The predicted molar refractivity (Wildman–Crippen MR) is 70.5 cm³/mol. The Balaban J connectivity index is 2.64. The van der Waals surface area contributed by atoms with Gasteiger partial charge in [0.05, 0.1) is 11.6 Å². The van der Waals surface area contributed by atoms with Crippen molar-refractivity contribution in [1.29, 1.82) is 0 Å². The number of aliphatic carboxylic acids is 1. The van der Waals surface area contributed by atoms with E-state index in [0.29, 0.717) is 18.8 Å². The van der Waals surface area contributed by atoms with Gasteiger partial charge in [-0.15, -0.1) is 0 Å². The lowest BCUT2D eigenvalue weighted by Gasteiger charge is -2.23. The molecular formula is C13H21N3O2. The number of carboxylic acid groups (broad SMARTS) is 1. The van der Waals surface area contributed by atoms with Crippen molar-refractivity contribution in [2.45, 2.75) is 34.1 Å². The number of nitrogens with zero attached hydrogens (tertiary/aromatic N) is 2. The summed E-state index contributed by atoms with van der Waals surface area (Å²) < 4.78 is 0. The van der Waals surface area contributed by atoms with Gasteiger partial charge in [0.2, 0.25) is 0 Å². The smallest absolute Gasteiger partial charge is 0.308 e. The van der Waals surface area contributed by atoms with Crippen LogP contribution in [-0.2, 0) is 4.79 Å². The van der Waals surface area contributed by atoms with Crippen molar-refractivity contribution in [3.63, 3.8) is 0 Å². The van der Waals surface area contributed by atoms with E-state index in [1.807, 2.05) is 27.7 Å². The number of carboxylic acids is 1. The molecule has 1 aromatic heterocycles. The van der Waals surface area contributed by atoms with Gasteiger partial charge in [-0.1, -0.05) is 20.8 Å². The Morgan fingerprint density at radius 2 is 2.00 bits per heavy atom. The molecule has 0 amide bonds. The van der Waals surface area contributed by atoms with E-state index in [4.69, 9.17) is 0 Å². The molecule has 0 aliphatic heterocycles. The van der Waals surface area contributed by atoms with Crippen LogP contribution >= 0.6 is 0 Å². The van der Waals surface area contributed by atoms with Gasteiger partial charge >= 0.3 is 5.97 Å². The van der Waals surface area contributed by atoms with Crippen molar-refractivity contribution in [1.82, 2.24) is 9.97 Å². The summed E-state index contributed by atoms with van der Waals surface area (Å²) in [6.07, 6.45) is 3.83. The summed E-state index contributed by atoms with van der Waals surface area (Å²) in [5.41, 5.74) is 0.764. The van der Waals surface area contributed by atoms with Crippen LogP contribution in [0.15, 0.2) is 12.4 Å². The summed E-state index contributed by atoms with van der Waals surface area (Å²) in [7, 11) is 0. The zero-order valence-corrected chi connectivity index (χ0v) is 11.4. The molecule has 0 aromatic carbocycles. The van der Waals surface area contributed by atoms with E-state index >= 15 is 0 Å². The summed E-state index contributed by atoms with van der Waals surface area (Å²) in [6.45, 7) is 8.32. The first kappa shape index (κ1) is 14.4. The highest BCUT2D eigenvalue weighted by Crippen LogP contribution is 2.25. The molecule has 0 aliphatic rings. The Morgan fingerprint density at radius 3 is 2.50 bits per heavy atom. The van der Waals surface area contributed by atoms with Gasteiger partial charge in [-0.05, 0) is 18.8 Å². The molecule has 1 heterocycles. The zero-order valence-electron chi connectivity index (χ0n) is 11.4. The van der Waals surface area contributed by atoms with E-state index in [0.717, 1.165) is 5.69 Å². The van der Waals surface area contributed by atoms with Crippen molar-refractivity contribution < 1.29 is 9.90 Å². The third-order valence-corrected chi connectivity index (χ3v) is 2.61. The molecule has 0 radical (unpaired) electrons. The van der Waals surface area contributed by atoms with Gasteiger partial charge in [-0.25, -0.2) is 4.98 Å². The Morgan fingerprint density at radius 1 is 1.39 bits per heavy atom. The van der Waals surface area contributed by atoms with Crippen molar-refractivity contribution in [2.75, 3.05) is 11.9 Å². The highest BCUT2D eigenvalue weighted by Gasteiger charge is 2.24. The minimum atomic E-state index is -0.779. The van der Waals surface area contributed by atoms with E-state index < -0.39 is 11.9 Å². The molecule has 1 rings (SSSR count). The average molecular weight is 251 g/mol. The van der Waals surface area contributed by atoms with Gasteiger partial charge in [0.25, 0.3) is 0 Å². The van der Waals surface area contributed by atoms with Crippen molar-refractivity contribution in [3.8, 4) is 0 Å². The summed E-state index contributed by atoms with van der Waals surface area (Å²) in [5.74, 6) is -0.553. The lowest BCUT2D eigenvalue weighted by Crippen LogP contribution is -2.28. The molecular weight excluding hydrogens is 230 g/mol. The topological polar surface area (TPSA) is 75.1 Å². The summed E-state index contributed by atoms with van der Waals surface area (Å²) >= 11 is 0. The maximum atomic E-state index is 11.2. The van der Waals surface area contributed by atoms with Gasteiger partial charge in [0.15, 0.2) is 0 Å². The number of anilines is 1. The van der Waals surface area contributed by atoms with Crippen LogP contribution in [0.2, 0.25) is 0 Å². The molecule has 1 aromatic rings. The fourth-order valence-electron chi connectivity index (χ4n) is 1.79. The van der Waals surface area contributed by atoms with Crippen LogP contribution in [-0.4, -0.2) is 27.6 Å². The van der Waals surface area contributed by atoms with Crippen molar-refractivity contribution >= 4 is 11.8 Å². The Labute approximate surface area is 108 Å². The Hall–Kier alpha value is -1.65. The van der Waals surface area contributed by atoms with E-state index in [1.54, 1.807) is 12.4 Å². The van der Waals surface area contributed by atoms with Crippen LogP contribution in [0.5, 0.6) is 0 Å². The largest absolute Gasteiger partial charge is 0.481 e. The van der Waals surface area contributed by atoms with E-state index in [-0.39, 0.29) is 5.41 Å². The minimum Gasteiger partial charge on any atom is -0.481 e. The molecule has 1 unspecified atom stereocenters. The number of carbonyl (C=O) groups is 1. The van der Waals surface area contributed by atoms with Crippen LogP contribution in [0.3, 0.4) is 0 Å². The van der Waals surface area contributed by atoms with Crippen LogP contribution in [0.25, 0.3) is 0 Å². The molecule has 5 nitrogen and oxygen atoms in total. The highest BCUT2D eigenvalue weighted by atomic mass is 16.4. The highest BCUT2D eigenvalue weighted by molar-refractivity contribution is 5.70. The molecule has 0 aliphatic carbocycles. The molecule has 1 atom stereocenters. The van der Waals surface area contributed by atoms with Gasteiger partial charge < -0.3 is 10.4 Å². The number of rotatable bonds is 5. The molecule has 0 saturated heterocycles. The third kappa shape index (κ3) is 4.69. The fourth-order valence-corrected chi connectivity index (χ4v) is 1.79. The van der Waals surface area contributed by atoms with Crippen molar-refractivity contribution in [2.24, 2.45) is 11.3 Å². The first-order valence-electron chi connectivity index (χ1n) is 6.04.